The van der Waals surface area contributed by atoms with Gasteiger partial charge in [-0.1, -0.05) is 52.3 Å². The number of nitrogens with zero attached hydrogens (tertiary/aromatic N) is 2. The molecule has 0 aromatic heterocycles. The molecule has 2 unspecified atom stereocenters. The predicted octanol–water partition coefficient (Wildman–Crippen LogP) is 3.80. The van der Waals surface area contributed by atoms with Crippen LogP contribution in [0.3, 0.4) is 0 Å². The summed E-state index contributed by atoms with van der Waals surface area (Å²) in [5.74, 6) is 0.208. The zero-order valence-electron chi connectivity index (χ0n) is 15.6. The highest BCUT2D eigenvalue weighted by atomic mass is 79.9. The molecule has 0 bridgehead atoms. The largest absolute Gasteiger partial charge is 0.370 e. The van der Waals surface area contributed by atoms with Crippen molar-refractivity contribution in [3.63, 3.8) is 0 Å². The van der Waals surface area contributed by atoms with Crippen LogP contribution < -0.4 is 0 Å². The number of amides is 1. The Bertz CT molecular complexity index is 808. The Kier molecular flexibility index (Phi) is 5.62. The number of carbonyl (C=O) groups excluding carboxylic acids is 1. The summed E-state index contributed by atoms with van der Waals surface area (Å²) in [6.45, 7) is 5.70. The molecule has 2 atom stereocenters. The van der Waals surface area contributed by atoms with Crippen LogP contribution in [0.25, 0.3) is 0 Å². The lowest BCUT2D eigenvalue weighted by molar-refractivity contribution is -0.144. The van der Waals surface area contributed by atoms with Crippen LogP contribution in [-0.2, 0) is 22.5 Å². The van der Waals surface area contributed by atoms with Gasteiger partial charge in [0.15, 0.2) is 0 Å². The zero-order chi connectivity index (χ0) is 18.8. The highest BCUT2D eigenvalue weighted by molar-refractivity contribution is 9.10. The topological polar surface area (TPSA) is 32.8 Å². The molecule has 0 spiro atoms. The van der Waals surface area contributed by atoms with E-state index in [0.717, 1.165) is 29.5 Å². The first-order chi connectivity index (χ1) is 13.1. The van der Waals surface area contributed by atoms with Crippen molar-refractivity contribution in [1.82, 2.24) is 9.80 Å². The normalized spacial score (nSPS) is 21.6. The van der Waals surface area contributed by atoms with E-state index in [1.54, 1.807) is 0 Å². The van der Waals surface area contributed by atoms with Crippen molar-refractivity contribution >= 4 is 21.8 Å². The molecule has 2 aliphatic rings. The molecule has 2 aliphatic heterocycles. The molecular weight excluding hydrogens is 404 g/mol. The maximum absolute atomic E-state index is 13.2. The second-order valence-electron chi connectivity index (χ2n) is 7.36. The second kappa shape index (κ2) is 8.13. The smallest absolute Gasteiger partial charge is 0.239 e. The number of benzene rings is 2. The first kappa shape index (κ1) is 18.7. The maximum Gasteiger partial charge on any atom is 0.239 e. The number of fused-ring (bicyclic) bond motifs is 1. The van der Waals surface area contributed by atoms with Crippen LogP contribution in [0.1, 0.15) is 29.7 Å². The molecular formula is C22H25BrN2O2. The van der Waals surface area contributed by atoms with E-state index in [4.69, 9.17) is 4.74 Å². The van der Waals surface area contributed by atoms with Crippen LogP contribution in [0.4, 0.5) is 0 Å². The van der Waals surface area contributed by atoms with Crippen LogP contribution in [0.5, 0.6) is 0 Å². The van der Waals surface area contributed by atoms with Crippen molar-refractivity contribution < 1.29 is 9.53 Å². The highest BCUT2D eigenvalue weighted by Gasteiger charge is 2.32. The molecule has 142 valence electrons. The lowest BCUT2D eigenvalue weighted by Crippen LogP contribution is -2.52. The molecule has 4 nitrogen and oxygen atoms in total. The summed E-state index contributed by atoms with van der Waals surface area (Å²) < 4.78 is 6.98. The fourth-order valence-electron chi connectivity index (χ4n) is 4.00. The van der Waals surface area contributed by atoms with Gasteiger partial charge in [0, 0.05) is 24.1 Å². The third kappa shape index (κ3) is 4.10. The third-order valence-electron chi connectivity index (χ3n) is 5.69. The second-order valence-corrected chi connectivity index (χ2v) is 8.28. The summed E-state index contributed by atoms with van der Waals surface area (Å²) in [6.07, 6.45) is 0.961. The summed E-state index contributed by atoms with van der Waals surface area (Å²) in [5.41, 5.74) is 3.88. The minimum atomic E-state index is -0.109. The number of halogens is 1. The zero-order valence-corrected chi connectivity index (χ0v) is 17.2. The van der Waals surface area contributed by atoms with Crippen molar-refractivity contribution in [2.24, 2.45) is 0 Å². The van der Waals surface area contributed by atoms with Crippen molar-refractivity contribution in [2.75, 3.05) is 26.2 Å². The van der Waals surface area contributed by atoms with E-state index in [-0.39, 0.29) is 18.1 Å². The van der Waals surface area contributed by atoms with Crippen molar-refractivity contribution in [3.05, 3.63) is 69.7 Å². The minimum Gasteiger partial charge on any atom is -0.370 e. The van der Waals surface area contributed by atoms with Gasteiger partial charge in [0.2, 0.25) is 5.91 Å². The van der Waals surface area contributed by atoms with Gasteiger partial charge in [-0.15, -0.1) is 0 Å². The average Bonchev–Trinajstić information content (AvgIpc) is 2.73. The molecule has 0 aliphatic carbocycles. The highest BCUT2D eigenvalue weighted by Crippen LogP contribution is 2.26. The molecule has 1 amide bonds. The van der Waals surface area contributed by atoms with Crippen LogP contribution >= 0.6 is 15.9 Å². The Morgan fingerprint density at radius 3 is 2.63 bits per heavy atom. The summed E-state index contributed by atoms with van der Waals surface area (Å²) in [7, 11) is 0. The molecule has 1 saturated heterocycles. The van der Waals surface area contributed by atoms with Crippen molar-refractivity contribution in [1.29, 1.82) is 0 Å². The fraction of sp³-hybridized carbons (Fsp3) is 0.409. The van der Waals surface area contributed by atoms with E-state index in [1.165, 1.54) is 11.1 Å². The molecule has 0 radical (unpaired) electrons. The SMILES string of the molecule is CC(C(=O)N1CCOC(c2ccc(Br)cc2)C1)N1CCc2ccccc2C1. The Hall–Kier alpha value is -1.69. The monoisotopic (exact) mass is 428 g/mol. The number of hydrogen-bond donors (Lipinski definition) is 0. The predicted molar refractivity (Wildman–Crippen MR) is 109 cm³/mol. The van der Waals surface area contributed by atoms with Crippen LogP contribution in [0, 0.1) is 0 Å². The lowest BCUT2D eigenvalue weighted by Gasteiger charge is -2.38. The van der Waals surface area contributed by atoms with Crippen LogP contribution in [0.2, 0.25) is 0 Å². The third-order valence-corrected chi connectivity index (χ3v) is 6.21. The van der Waals surface area contributed by atoms with Gasteiger partial charge in [-0.3, -0.25) is 9.69 Å². The summed E-state index contributed by atoms with van der Waals surface area (Å²) in [5, 5.41) is 0. The molecule has 2 heterocycles. The Labute approximate surface area is 169 Å². The van der Waals surface area contributed by atoms with Gasteiger partial charge in [-0.2, -0.15) is 0 Å². The standard InChI is InChI=1S/C22H25BrN2O2/c1-16(24-11-10-17-4-2-3-5-19(17)14-24)22(26)25-12-13-27-21(15-25)18-6-8-20(23)9-7-18/h2-9,16,21H,10-15H2,1H3. The molecule has 2 aromatic carbocycles. The van der Waals surface area contributed by atoms with Crippen LogP contribution in [0.15, 0.2) is 53.0 Å². The number of hydrogen-bond acceptors (Lipinski definition) is 3. The van der Waals surface area contributed by atoms with Gasteiger partial charge < -0.3 is 9.64 Å². The maximum atomic E-state index is 13.2. The van der Waals surface area contributed by atoms with Crippen molar-refractivity contribution in [3.8, 4) is 0 Å². The van der Waals surface area contributed by atoms with Gasteiger partial charge in [0.05, 0.1) is 19.2 Å². The van der Waals surface area contributed by atoms with Gasteiger partial charge in [-0.05, 0) is 42.2 Å². The van der Waals surface area contributed by atoms with Gasteiger partial charge in [-0.25, -0.2) is 0 Å². The molecule has 4 rings (SSSR count). The first-order valence-corrected chi connectivity index (χ1v) is 10.4. The van der Waals surface area contributed by atoms with E-state index >= 15 is 0 Å². The Balaban J connectivity index is 1.42. The van der Waals surface area contributed by atoms with E-state index in [0.29, 0.717) is 19.7 Å². The van der Waals surface area contributed by atoms with Crippen molar-refractivity contribution in [2.45, 2.75) is 32.0 Å². The molecule has 0 N–H and O–H groups in total. The Morgan fingerprint density at radius 1 is 1.11 bits per heavy atom. The van der Waals surface area contributed by atoms with E-state index in [9.17, 15) is 4.79 Å². The summed E-state index contributed by atoms with van der Waals surface area (Å²) in [4.78, 5) is 17.4. The number of morpholine rings is 1. The Morgan fingerprint density at radius 2 is 1.85 bits per heavy atom. The number of carbonyl (C=O) groups is 1. The molecule has 27 heavy (non-hydrogen) atoms. The molecule has 1 fully saturated rings. The number of ether oxygens (including phenoxy) is 1. The van der Waals surface area contributed by atoms with Gasteiger partial charge in [0.1, 0.15) is 6.10 Å². The summed E-state index contributed by atoms with van der Waals surface area (Å²) in [6, 6.07) is 16.6. The molecule has 0 saturated carbocycles. The van der Waals surface area contributed by atoms with Gasteiger partial charge >= 0.3 is 0 Å². The van der Waals surface area contributed by atoms with Gasteiger partial charge in [0.25, 0.3) is 0 Å². The quantitative estimate of drug-likeness (QED) is 0.745. The minimum absolute atomic E-state index is 0.0509. The lowest BCUT2D eigenvalue weighted by atomic mass is 9.98. The first-order valence-electron chi connectivity index (χ1n) is 9.58. The molecule has 2 aromatic rings. The fourth-order valence-corrected chi connectivity index (χ4v) is 4.26. The van der Waals surface area contributed by atoms with Crippen LogP contribution in [-0.4, -0.2) is 48.0 Å². The molecule has 5 heteroatoms. The van der Waals surface area contributed by atoms with E-state index in [1.807, 2.05) is 24.0 Å². The van der Waals surface area contributed by atoms with E-state index < -0.39 is 0 Å². The van der Waals surface area contributed by atoms with E-state index in [2.05, 4.69) is 57.2 Å². The number of rotatable bonds is 3. The summed E-state index contributed by atoms with van der Waals surface area (Å²) >= 11 is 3.47. The average molecular weight is 429 g/mol.